The first-order chi connectivity index (χ1) is 10.2. The zero-order valence-electron chi connectivity index (χ0n) is 12.5. The first kappa shape index (κ1) is 15.1. The van der Waals surface area contributed by atoms with Crippen molar-refractivity contribution in [2.45, 2.75) is 26.2 Å². The van der Waals surface area contributed by atoms with E-state index in [0.29, 0.717) is 29.9 Å². The summed E-state index contributed by atoms with van der Waals surface area (Å²) in [6.07, 6.45) is 2.46. The number of nitrogen functional groups attached to an aromatic ring is 1. The Morgan fingerprint density at radius 3 is 2.71 bits per heavy atom. The standard InChI is InChI=1S/C16H22N4O/c1-3-21-16-14(17)15(19-11-20-16)18-10-9-12(2)13-7-5-4-6-8-13/h4-8,11-12H,3,9-10,17H2,1-2H3,(H,18,19,20). The van der Waals surface area contributed by atoms with E-state index in [1.54, 1.807) is 0 Å². The number of aromatic nitrogens is 2. The third kappa shape index (κ3) is 4.08. The molecule has 1 heterocycles. The zero-order chi connectivity index (χ0) is 15.1. The number of hydrogen-bond acceptors (Lipinski definition) is 5. The van der Waals surface area contributed by atoms with Crippen LogP contribution in [0.4, 0.5) is 11.5 Å². The number of benzene rings is 1. The molecule has 5 heteroatoms. The van der Waals surface area contributed by atoms with E-state index in [4.69, 9.17) is 10.5 Å². The smallest absolute Gasteiger partial charge is 0.242 e. The number of nitrogens with two attached hydrogens (primary N) is 1. The van der Waals surface area contributed by atoms with Crippen molar-refractivity contribution in [1.82, 2.24) is 9.97 Å². The van der Waals surface area contributed by atoms with Crippen LogP contribution in [0.1, 0.15) is 31.7 Å². The molecule has 1 aromatic heterocycles. The van der Waals surface area contributed by atoms with Crippen LogP contribution in [-0.2, 0) is 0 Å². The third-order valence-corrected chi connectivity index (χ3v) is 3.37. The van der Waals surface area contributed by atoms with Gasteiger partial charge in [0.05, 0.1) is 6.61 Å². The fraction of sp³-hybridized carbons (Fsp3) is 0.375. The molecule has 1 aromatic carbocycles. The van der Waals surface area contributed by atoms with Crippen LogP contribution in [0.3, 0.4) is 0 Å². The Balaban J connectivity index is 1.90. The maximum atomic E-state index is 5.98. The number of nitrogens with zero attached hydrogens (tertiary/aromatic N) is 2. The summed E-state index contributed by atoms with van der Waals surface area (Å²) in [6.45, 7) is 5.44. The summed E-state index contributed by atoms with van der Waals surface area (Å²) in [5.74, 6) is 1.55. The lowest BCUT2D eigenvalue weighted by molar-refractivity contribution is 0.328. The molecule has 0 saturated carbocycles. The second-order valence-electron chi connectivity index (χ2n) is 4.90. The van der Waals surface area contributed by atoms with Crippen molar-refractivity contribution in [3.63, 3.8) is 0 Å². The average molecular weight is 286 g/mol. The highest BCUT2D eigenvalue weighted by atomic mass is 16.5. The Labute approximate surface area is 125 Å². The maximum Gasteiger partial charge on any atom is 0.242 e. The summed E-state index contributed by atoms with van der Waals surface area (Å²) in [6, 6.07) is 10.5. The molecular weight excluding hydrogens is 264 g/mol. The summed E-state index contributed by atoms with van der Waals surface area (Å²) in [4.78, 5) is 8.18. The molecule has 0 aliphatic carbocycles. The predicted octanol–water partition coefficient (Wildman–Crippen LogP) is 3.06. The van der Waals surface area contributed by atoms with Crippen LogP contribution in [0.5, 0.6) is 5.88 Å². The van der Waals surface area contributed by atoms with Crippen molar-refractivity contribution in [3.8, 4) is 5.88 Å². The van der Waals surface area contributed by atoms with E-state index < -0.39 is 0 Å². The van der Waals surface area contributed by atoms with Crippen LogP contribution in [0.2, 0.25) is 0 Å². The lowest BCUT2D eigenvalue weighted by atomic mass is 9.98. The van der Waals surface area contributed by atoms with Gasteiger partial charge in [0.25, 0.3) is 0 Å². The minimum atomic E-state index is 0.436. The first-order valence-electron chi connectivity index (χ1n) is 7.24. The van der Waals surface area contributed by atoms with Crippen molar-refractivity contribution in [1.29, 1.82) is 0 Å². The molecule has 0 radical (unpaired) electrons. The molecule has 3 N–H and O–H groups in total. The maximum absolute atomic E-state index is 5.98. The number of ether oxygens (including phenoxy) is 1. The monoisotopic (exact) mass is 286 g/mol. The van der Waals surface area contributed by atoms with Crippen LogP contribution < -0.4 is 15.8 Å². The number of anilines is 2. The fourth-order valence-electron chi connectivity index (χ4n) is 2.13. The topological polar surface area (TPSA) is 73.1 Å². The largest absolute Gasteiger partial charge is 0.476 e. The van der Waals surface area contributed by atoms with Gasteiger partial charge in [-0.2, -0.15) is 4.98 Å². The van der Waals surface area contributed by atoms with Gasteiger partial charge >= 0.3 is 0 Å². The van der Waals surface area contributed by atoms with E-state index in [1.165, 1.54) is 11.9 Å². The molecule has 0 aliphatic heterocycles. The van der Waals surface area contributed by atoms with Gasteiger partial charge in [-0.3, -0.25) is 0 Å². The molecular formula is C16H22N4O. The van der Waals surface area contributed by atoms with Gasteiger partial charge in [0.15, 0.2) is 5.82 Å². The van der Waals surface area contributed by atoms with Crippen molar-refractivity contribution in [2.75, 3.05) is 24.2 Å². The lowest BCUT2D eigenvalue weighted by Gasteiger charge is -2.14. The van der Waals surface area contributed by atoms with Crippen LogP contribution in [0, 0.1) is 0 Å². The SMILES string of the molecule is CCOc1ncnc(NCCC(C)c2ccccc2)c1N. The van der Waals surface area contributed by atoms with E-state index >= 15 is 0 Å². The molecule has 2 aromatic rings. The van der Waals surface area contributed by atoms with E-state index in [9.17, 15) is 0 Å². The van der Waals surface area contributed by atoms with Gasteiger partial charge in [0, 0.05) is 6.54 Å². The summed E-state index contributed by atoms with van der Waals surface area (Å²) in [5, 5.41) is 3.26. The quantitative estimate of drug-likeness (QED) is 0.818. The zero-order valence-corrected chi connectivity index (χ0v) is 12.5. The van der Waals surface area contributed by atoms with Gasteiger partial charge < -0.3 is 15.8 Å². The van der Waals surface area contributed by atoms with Crippen LogP contribution >= 0.6 is 0 Å². The van der Waals surface area contributed by atoms with E-state index in [1.807, 2.05) is 13.0 Å². The van der Waals surface area contributed by atoms with E-state index in [-0.39, 0.29) is 0 Å². The molecule has 1 unspecified atom stereocenters. The molecule has 5 nitrogen and oxygen atoms in total. The Kier molecular flexibility index (Phi) is 5.37. The predicted molar refractivity (Wildman–Crippen MR) is 85.6 cm³/mol. The van der Waals surface area contributed by atoms with Gasteiger partial charge in [-0.1, -0.05) is 37.3 Å². The Morgan fingerprint density at radius 2 is 2.00 bits per heavy atom. The molecule has 2 rings (SSSR count). The van der Waals surface area contributed by atoms with Crippen LogP contribution in [0.15, 0.2) is 36.7 Å². The minimum Gasteiger partial charge on any atom is -0.476 e. The Hall–Kier alpha value is -2.30. The van der Waals surface area contributed by atoms with E-state index in [2.05, 4.69) is 46.5 Å². The number of hydrogen-bond donors (Lipinski definition) is 2. The lowest BCUT2D eigenvalue weighted by Crippen LogP contribution is -2.10. The molecule has 0 amide bonds. The molecule has 1 atom stereocenters. The number of nitrogens with one attached hydrogen (secondary N) is 1. The summed E-state index contributed by atoms with van der Waals surface area (Å²) in [5.41, 5.74) is 7.79. The first-order valence-corrected chi connectivity index (χ1v) is 7.24. The summed E-state index contributed by atoms with van der Waals surface area (Å²) in [7, 11) is 0. The van der Waals surface area contributed by atoms with Gasteiger partial charge in [-0.15, -0.1) is 0 Å². The van der Waals surface area contributed by atoms with Crippen molar-refractivity contribution in [3.05, 3.63) is 42.2 Å². The van der Waals surface area contributed by atoms with Gasteiger partial charge in [-0.25, -0.2) is 4.98 Å². The minimum absolute atomic E-state index is 0.436. The van der Waals surface area contributed by atoms with Crippen molar-refractivity contribution < 1.29 is 4.74 Å². The second-order valence-corrected chi connectivity index (χ2v) is 4.90. The highest BCUT2D eigenvalue weighted by molar-refractivity contribution is 5.66. The van der Waals surface area contributed by atoms with Crippen LogP contribution in [-0.4, -0.2) is 23.1 Å². The third-order valence-electron chi connectivity index (χ3n) is 3.37. The summed E-state index contributed by atoms with van der Waals surface area (Å²) >= 11 is 0. The van der Waals surface area contributed by atoms with Gasteiger partial charge in [-0.05, 0) is 24.8 Å². The fourth-order valence-corrected chi connectivity index (χ4v) is 2.13. The molecule has 0 aliphatic rings. The van der Waals surface area contributed by atoms with Crippen LogP contribution in [0.25, 0.3) is 0 Å². The number of rotatable bonds is 7. The molecule has 0 bridgehead atoms. The van der Waals surface area contributed by atoms with Crippen molar-refractivity contribution in [2.24, 2.45) is 0 Å². The van der Waals surface area contributed by atoms with Gasteiger partial charge in [0.1, 0.15) is 12.0 Å². The highest BCUT2D eigenvalue weighted by Gasteiger charge is 2.09. The van der Waals surface area contributed by atoms with Gasteiger partial charge in [0.2, 0.25) is 5.88 Å². The average Bonchev–Trinajstić information content (AvgIpc) is 2.52. The highest BCUT2D eigenvalue weighted by Crippen LogP contribution is 2.25. The summed E-state index contributed by atoms with van der Waals surface area (Å²) < 4.78 is 5.36. The molecule has 21 heavy (non-hydrogen) atoms. The molecule has 0 spiro atoms. The Morgan fingerprint density at radius 1 is 1.24 bits per heavy atom. The Bertz CT molecular complexity index is 559. The van der Waals surface area contributed by atoms with E-state index in [0.717, 1.165) is 13.0 Å². The van der Waals surface area contributed by atoms with Crippen molar-refractivity contribution >= 4 is 11.5 Å². The molecule has 0 fully saturated rings. The molecule has 0 saturated heterocycles. The normalized spacial score (nSPS) is 11.9. The molecule has 112 valence electrons. The second kappa shape index (κ2) is 7.47.